The molecule has 0 amide bonds. The van der Waals surface area contributed by atoms with Gasteiger partial charge in [0, 0.05) is 17.7 Å². The first-order valence-corrected chi connectivity index (χ1v) is 5.10. The SMILES string of the molecule is CCCCO[P+](=O)ONCCN.[Ca+2].[H-].[H-]. The average molecular weight is 237 g/mol. The van der Waals surface area contributed by atoms with Gasteiger partial charge in [0.25, 0.3) is 0 Å². The van der Waals surface area contributed by atoms with Crippen molar-refractivity contribution < 1.29 is 16.6 Å². The van der Waals surface area contributed by atoms with Crippen LogP contribution in [0.15, 0.2) is 0 Å². The maximum Gasteiger partial charge on any atom is 2.00 e. The van der Waals surface area contributed by atoms with Gasteiger partial charge >= 0.3 is 46.0 Å². The van der Waals surface area contributed by atoms with Crippen molar-refractivity contribution in [2.45, 2.75) is 19.8 Å². The van der Waals surface area contributed by atoms with Crippen molar-refractivity contribution in [1.29, 1.82) is 0 Å². The van der Waals surface area contributed by atoms with Gasteiger partial charge in [-0.25, -0.2) is 0 Å². The largest absolute Gasteiger partial charge is 2.00 e. The van der Waals surface area contributed by atoms with E-state index >= 15 is 0 Å². The molecule has 0 spiro atoms. The van der Waals surface area contributed by atoms with Crippen LogP contribution in [0.25, 0.3) is 0 Å². The van der Waals surface area contributed by atoms with Gasteiger partial charge in [-0.2, -0.15) is 0 Å². The van der Waals surface area contributed by atoms with Crippen molar-refractivity contribution in [2.24, 2.45) is 5.73 Å². The molecule has 5 nitrogen and oxygen atoms in total. The minimum atomic E-state index is -2.02. The number of unbranched alkanes of at least 4 members (excludes halogenated alkanes) is 1. The van der Waals surface area contributed by atoms with E-state index in [0.29, 0.717) is 19.7 Å². The molecule has 0 rings (SSSR count). The first-order valence-electron chi connectivity index (χ1n) is 4.01. The van der Waals surface area contributed by atoms with Crippen molar-refractivity contribution in [2.75, 3.05) is 19.7 Å². The van der Waals surface area contributed by atoms with Crippen LogP contribution in [-0.2, 0) is 13.7 Å². The maximum absolute atomic E-state index is 10.8. The molecule has 0 bridgehead atoms. The van der Waals surface area contributed by atoms with E-state index < -0.39 is 8.25 Å². The van der Waals surface area contributed by atoms with Crippen molar-refractivity contribution in [3.05, 3.63) is 0 Å². The van der Waals surface area contributed by atoms with Crippen molar-refractivity contribution in [3.63, 3.8) is 0 Å². The Hall–Kier alpha value is 1.20. The van der Waals surface area contributed by atoms with Crippen LogP contribution in [0.5, 0.6) is 0 Å². The molecule has 0 aromatic rings. The van der Waals surface area contributed by atoms with Gasteiger partial charge in [-0.15, -0.1) is 10.0 Å². The zero-order valence-electron chi connectivity index (χ0n) is 9.99. The monoisotopic (exact) mass is 237 g/mol. The van der Waals surface area contributed by atoms with Gasteiger partial charge in [-0.05, 0) is 11.0 Å². The summed E-state index contributed by atoms with van der Waals surface area (Å²) in [5.74, 6) is 0. The molecule has 76 valence electrons. The Morgan fingerprint density at radius 2 is 2.31 bits per heavy atom. The molecule has 0 aromatic heterocycles. The second kappa shape index (κ2) is 13.2. The first kappa shape index (κ1) is 16.6. The van der Waals surface area contributed by atoms with Crippen molar-refractivity contribution in [3.8, 4) is 0 Å². The zero-order valence-corrected chi connectivity index (χ0v) is 11.1. The van der Waals surface area contributed by atoms with Crippen LogP contribution in [0.3, 0.4) is 0 Å². The molecule has 13 heavy (non-hydrogen) atoms. The molecule has 0 aliphatic carbocycles. The second-order valence-corrected chi connectivity index (χ2v) is 3.07. The van der Waals surface area contributed by atoms with Crippen LogP contribution >= 0.6 is 8.25 Å². The maximum atomic E-state index is 10.8. The van der Waals surface area contributed by atoms with Gasteiger partial charge in [0.1, 0.15) is 6.61 Å². The molecular formula is C6H18CaN2O3P+. The number of hydrogen-bond donors (Lipinski definition) is 2. The van der Waals surface area contributed by atoms with Gasteiger partial charge in [0.05, 0.1) is 0 Å². The molecule has 7 heteroatoms. The fourth-order valence-electron chi connectivity index (χ4n) is 0.467. The summed E-state index contributed by atoms with van der Waals surface area (Å²) in [6.07, 6.45) is 1.90. The third-order valence-corrected chi connectivity index (χ3v) is 1.75. The zero-order chi connectivity index (χ0) is 9.23. The second-order valence-electron chi connectivity index (χ2n) is 2.18. The topological polar surface area (TPSA) is 73.6 Å². The Labute approximate surface area is 113 Å². The van der Waals surface area contributed by atoms with E-state index in [1.54, 1.807) is 0 Å². The van der Waals surface area contributed by atoms with Crippen LogP contribution in [-0.4, -0.2) is 57.4 Å². The van der Waals surface area contributed by atoms with Gasteiger partial charge in [-0.3, -0.25) is 0 Å². The summed E-state index contributed by atoms with van der Waals surface area (Å²) in [7, 11) is -2.02. The molecule has 0 aliphatic rings. The normalized spacial score (nSPS) is 10.8. The summed E-state index contributed by atoms with van der Waals surface area (Å²) in [5.41, 5.74) is 7.59. The Morgan fingerprint density at radius 1 is 1.62 bits per heavy atom. The van der Waals surface area contributed by atoms with Crippen LogP contribution in [0.1, 0.15) is 22.6 Å². The molecule has 0 aliphatic heterocycles. The number of hydroxylamine groups is 1. The fourth-order valence-corrected chi connectivity index (χ4v) is 0.995. The van der Waals surface area contributed by atoms with E-state index in [1.807, 2.05) is 6.92 Å². The quantitative estimate of drug-likeness (QED) is 0.282. The summed E-state index contributed by atoms with van der Waals surface area (Å²) in [4.78, 5) is 0. The van der Waals surface area contributed by atoms with Crippen LogP contribution < -0.4 is 11.2 Å². The smallest absolute Gasteiger partial charge is 1.00 e. The number of nitrogens with two attached hydrogens (primary N) is 1. The van der Waals surface area contributed by atoms with E-state index in [2.05, 4.69) is 10.1 Å². The van der Waals surface area contributed by atoms with Crippen LogP contribution in [0, 0.1) is 0 Å². The molecule has 1 atom stereocenters. The average Bonchev–Trinajstić information content (AvgIpc) is 2.06. The Morgan fingerprint density at radius 3 is 2.85 bits per heavy atom. The predicted octanol–water partition coefficient (Wildman–Crippen LogP) is 0.785. The van der Waals surface area contributed by atoms with E-state index in [1.165, 1.54) is 0 Å². The summed E-state index contributed by atoms with van der Waals surface area (Å²) >= 11 is 0. The molecule has 0 saturated carbocycles. The molecule has 0 fully saturated rings. The Kier molecular flexibility index (Phi) is 16.9. The fraction of sp³-hybridized carbons (Fsp3) is 1.00. The standard InChI is InChI=1S/C6H16N2O3P.Ca.2H/c1-2-3-6-10-12(9)11-8-5-4-7;;;/h8H,2-7H2,1H3;;;/q+1;+2;2*-1. The molecule has 0 heterocycles. The van der Waals surface area contributed by atoms with Crippen LogP contribution in [0.4, 0.5) is 0 Å². The van der Waals surface area contributed by atoms with Crippen LogP contribution in [0.2, 0.25) is 0 Å². The van der Waals surface area contributed by atoms with E-state index in [4.69, 9.17) is 10.3 Å². The van der Waals surface area contributed by atoms with E-state index in [-0.39, 0.29) is 40.6 Å². The number of nitrogens with one attached hydrogen (secondary N) is 1. The summed E-state index contributed by atoms with van der Waals surface area (Å²) in [6, 6.07) is 0. The third kappa shape index (κ3) is 13.2. The number of rotatable bonds is 8. The van der Waals surface area contributed by atoms with Crippen molar-refractivity contribution >= 4 is 46.0 Å². The van der Waals surface area contributed by atoms with Gasteiger partial charge in [0.15, 0.2) is 0 Å². The molecule has 0 radical (unpaired) electrons. The first-order chi connectivity index (χ1) is 5.81. The number of hydrogen-bond acceptors (Lipinski definition) is 5. The van der Waals surface area contributed by atoms with Crippen molar-refractivity contribution in [1.82, 2.24) is 5.48 Å². The van der Waals surface area contributed by atoms with Gasteiger partial charge in [0.2, 0.25) is 0 Å². The molecule has 3 N–H and O–H groups in total. The van der Waals surface area contributed by atoms with Gasteiger partial charge < -0.3 is 8.59 Å². The summed E-state index contributed by atoms with van der Waals surface area (Å²) < 4.78 is 20.2. The van der Waals surface area contributed by atoms with E-state index in [0.717, 1.165) is 12.8 Å². The van der Waals surface area contributed by atoms with E-state index in [9.17, 15) is 4.57 Å². The molecular weight excluding hydrogens is 219 g/mol. The predicted molar refractivity (Wildman–Crippen MR) is 54.6 cm³/mol. The molecule has 1 unspecified atom stereocenters. The van der Waals surface area contributed by atoms with Gasteiger partial charge in [-0.1, -0.05) is 13.3 Å². The summed E-state index contributed by atoms with van der Waals surface area (Å²) in [5, 5.41) is 0. The Bertz CT molecular complexity index is 125. The Balaban J connectivity index is -0.000000202. The third-order valence-electron chi connectivity index (χ3n) is 1.08. The molecule has 0 aromatic carbocycles. The summed E-state index contributed by atoms with van der Waals surface area (Å²) in [6.45, 7) is 3.41. The molecule has 0 saturated heterocycles. The minimum absolute atomic E-state index is 0. The minimum Gasteiger partial charge on any atom is -1.00 e.